The zero-order chi connectivity index (χ0) is 19.6. The van der Waals surface area contributed by atoms with Gasteiger partial charge in [0.2, 0.25) is 0 Å². The number of halogens is 1. The molecule has 7 nitrogen and oxygen atoms in total. The van der Waals surface area contributed by atoms with Crippen molar-refractivity contribution >= 4 is 46.4 Å². The number of guanidine groups is 1. The van der Waals surface area contributed by atoms with Gasteiger partial charge in [0.15, 0.2) is 11.1 Å². The molecule has 2 aromatic rings. The molecule has 0 aliphatic heterocycles. The second-order valence-corrected chi connectivity index (χ2v) is 6.97. The van der Waals surface area contributed by atoms with Crippen molar-refractivity contribution in [1.82, 2.24) is 15.2 Å². The number of aliphatic imine (C=N–C) groups is 1. The van der Waals surface area contributed by atoms with Gasteiger partial charge in [-0.25, -0.2) is 9.98 Å². The molecule has 0 unspecified atom stereocenters. The summed E-state index contributed by atoms with van der Waals surface area (Å²) in [6, 6.07) is 7.59. The SMILES string of the molecule is CCNC(=NCc1csc(N(C)C)n1)N(C)CCOc1ccc(OC)cc1.I. The van der Waals surface area contributed by atoms with Gasteiger partial charge in [0.1, 0.15) is 18.1 Å². The Balaban J connectivity index is 0.00000392. The van der Waals surface area contributed by atoms with Gasteiger partial charge in [-0.05, 0) is 31.2 Å². The van der Waals surface area contributed by atoms with E-state index in [2.05, 4.69) is 32.5 Å². The Morgan fingerprint density at radius 1 is 1.18 bits per heavy atom. The van der Waals surface area contributed by atoms with Crippen molar-refractivity contribution in [3.05, 3.63) is 35.3 Å². The number of methoxy groups -OCH3 is 1. The molecule has 0 radical (unpaired) electrons. The first-order valence-corrected chi connectivity index (χ1v) is 9.79. The Kier molecular flexibility index (Phi) is 11.0. The van der Waals surface area contributed by atoms with Crippen LogP contribution in [0.3, 0.4) is 0 Å². The van der Waals surface area contributed by atoms with Crippen LogP contribution in [0.4, 0.5) is 5.13 Å². The van der Waals surface area contributed by atoms with E-state index in [1.54, 1.807) is 18.4 Å². The van der Waals surface area contributed by atoms with Gasteiger partial charge in [-0.2, -0.15) is 0 Å². The van der Waals surface area contributed by atoms with Crippen LogP contribution in [0, 0.1) is 0 Å². The van der Waals surface area contributed by atoms with Crippen molar-refractivity contribution in [2.75, 3.05) is 52.8 Å². The summed E-state index contributed by atoms with van der Waals surface area (Å²) in [5.41, 5.74) is 0.974. The molecule has 28 heavy (non-hydrogen) atoms. The standard InChI is InChI=1S/C19H29N5O2S.HI/c1-6-20-18(21-13-15-14-27-19(22-15)23(2)3)24(4)11-12-26-17-9-7-16(25-5)8-10-17;/h7-10,14H,6,11-13H2,1-5H3,(H,20,21);1H. The maximum absolute atomic E-state index is 5.80. The van der Waals surface area contributed by atoms with E-state index in [9.17, 15) is 0 Å². The molecule has 156 valence electrons. The van der Waals surface area contributed by atoms with Gasteiger partial charge in [-0.3, -0.25) is 0 Å². The summed E-state index contributed by atoms with van der Waals surface area (Å²) in [4.78, 5) is 13.3. The van der Waals surface area contributed by atoms with Crippen LogP contribution in [0.1, 0.15) is 12.6 Å². The Labute approximate surface area is 188 Å². The fourth-order valence-corrected chi connectivity index (χ4v) is 3.03. The summed E-state index contributed by atoms with van der Waals surface area (Å²) in [5.74, 6) is 2.49. The Morgan fingerprint density at radius 2 is 1.86 bits per heavy atom. The maximum Gasteiger partial charge on any atom is 0.194 e. The van der Waals surface area contributed by atoms with Crippen LogP contribution in [-0.4, -0.2) is 63.8 Å². The predicted octanol–water partition coefficient (Wildman–Crippen LogP) is 3.31. The first-order chi connectivity index (χ1) is 13.0. The van der Waals surface area contributed by atoms with Crippen molar-refractivity contribution in [2.45, 2.75) is 13.5 Å². The van der Waals surface area contributed by atoms with Gasteiger partial charge in [0, 0.05) is 33.1 Å². The predicted molar refractivity (Wildman–Crippen MR) is 128 cm³/mol. The fraction of sp³-hybridized carbons (Fsp3) is 0.474. The van der Waals surface area contributed by atoms with E-state index in [0.717, 1.165) is 41.4 Å². The highest BCUT2D eigenvalue weighted by atomic mass is 127. The lowest BCUT2D eigenvalue weighted by Crippen LogP contribution is -2.40. The molecular formula is C19H30IN5O2S. The fourth-order valence-electron chi connectivity index (χ4n) is 2.28. The first kappa shape index (κ1) is 24.3. The normalized spacial score (nSPS) is 10.8. The zero-order valence-electron chi connectivity index (χ0n) is 17.1. The summed E-state index contributed by atoms with van der Waals surface area (Å²) < 4.78 is 11.0. The van der Waals surface area contributed by atoms with E-state index in [1.807, 2.05) is 50.3 Å². The molecule has 0 aliphatic rings. The van der Waals surface area contributed by atoms with Crippen LogP contribution in [-0.2, 0) is 6.54 Å². The van der Waals surface area contributed by atoms with Gasteiger partial charge < -0.3 is 24.6 Å². The van der Waals surface area contributed by atoms with Gasteiger partial charge >= 0.3 is 0 Å². The zero-order valence-corrected chi connectivity index (χ0v) is 20.3. The molecule has 0 fully saturated rings. The second-order valence-electron chi connectivity index (χ2n) is 6.13. The quantitative estimate of drug-likeness (QED) is 0.312. The third-order valence-electron chi connectivity index (χ3n) is 3.76. The van der Waals surface area contributed by atoms with E-state index in [-0.39, 0.29) is 24.0 Å². The molecule has 1 aromatic carbocycles. The van der Waals surface area contributed by atoms with Gasteiger partial charge in [-0.15, -0.1) is 35.3 Å². The van der Waals surface area contributed by atoms with Crippen LogP contribution in [0.5, 0.6) is 11.5 Å². The van der Waals surface area contributed by atoms with E-state index in [0.29, 0.717) is 13.2 Å². The third-order valence-corrected chi connectivity index (χ3v) is 4.82. The molecule has 1 N–H and O–H groups in total. The number of nitrogens with one attached hydrogen (secondary N) is 1. The molecule has 0 saturated carbocycles. The third kappa shape index (κ3) is 7.70. The summed E-state index contributed by atoms with van der Waals surface area (Å²) >= 11 is 1.63. The average molecular weight is 519 g/mol. The van der Waals surface area contributed by atoms with Crippen molar-refractivity contribution < 1.29 is 9.47 Å². The monoisotopic (exact) mass is 519 g/mol. The van der Waals surface area contributed by atoms with Crippen molar-refractivity contribution in [1.29, 1.82) is 0 Å². The molecule has 9 heteroatoms. The number of hydrogen-bond donors (Lipinski definition) is 1. The van der Waals surface area contributed by atoms with E-state index in [1.165, 1.54) is 0 Å². The number of rotatable bonds is 9. The van der Waals surface area contributed by atoms with Crippen LogP contribution >= 0.6 is 35.3 Å². The Morgan fingerprint density at radius 3 is 2.43 bits per heavy atom. The molecule has 0 atom stereocenters. The Hall–Kier alpha value is -1.75. The number of benzene rings is 1. The van der Waals surface area contributed by atoms with Crippen LogP contribution in [0.25, 0.3) is 0 Å². The number of thiazole rings is 1. The molecular weight excluding hydrogens is 489 g/mol. The van der Waals surface area contributed by atoms with Crippen molar-refractivity contribution in [2.24, 2.45) is 4.99 Å². The summed E-state index contributed by atoms with van der Waals surface area (Å²) in [6.07, 6.45) is 0. The van der Waals surface area contributed by atoms with Crippen LogP contribution in [0.2, 0.25) is 0 Å². The number of likely N-dealkylation sites (N-methyl/N-ethyl adjacent to an activating group) is 1. The average Bonchev–Trinajstić information content (AvgIpc) is 3.15. The minimum Gasteiger partial charge on any atom is -0.497 e. The van der Waals surface area contributed by atoms with E-state index < -0.39 is 0 Å². The van der Waals surface area contributed by atoms with E-state index in [4.69, 9.17) is 9.47 Å². The summed E-state index contributed by atoms with van der Waals surface area (Å²) in [6.45, 7) is 4.70. The molecule has 0 saturated heterocycles. The minimum absolute atomic E-state index is 0. The molecule has 2 rings (SSSR count). The maximum atomic E-state index is 5.80. The minimum atomic E-state index is 0. The molecule has 0 bridgehead atoms. The lowest BCUT2D eigenvalue weighted by atomic mass is 10.3. The highest BCUT2D eigenvalue weighted by Gasteiger charge is 2.08. The van der Waals surface area contributed by atoms with Gasteiger partial charge in [-0.1, -0.05) is 0 Å². The summed E-state index contributed by atoms with van der Waals surface area (Å²) in [5, 5.41) is 6.36. The smallest absolute Gasteiger partial charge is 0.194 e. The van der Waals surface area contributed by atoms with Crippen molar-refractivity contribution in [3.8, 4) is 11.5 Å². The van der Waals surface area contributed by atoms with Crippen LogP contribution < -0.4 is 19.7 Å². The Bertz CT molecular complexity index is 721. The lowest BCUT2D eigenvalue weighted by Gasteiger charge is -2.22. The van der Waals surface area contributed by atoms with Crippen molar-refractivity contribution in [3.63, 3.8) is 0 Å². The second kappa shape index (κ2) is 12.7. The molecule has 0 spiro atoms. The van der Waals surface area contributed by atoms with E-state index >= 15 is 0 Å². The number of nitrogens with zero attached hydrogens (tertiary/aromatic N) is 4. The summed E-state index contributed by atoms with van der Waals surface area (Å²) in [7, 11) is 7.64. The molecule has 0 amide bonds. The lowest BCUT2D eigenvalue weighted by molar-refractivity contribution is 0.281. The van der Waals surface area contributed by atoms with Gasteiger partial charge in [0.25, 0.3) is 0 Å². The highest BCUT2D eigenvalue weighted by molar-refractivity contribution is 14.0. The molecule has 1 aromatic heterocycles. The highest BCUT2D eigenvalue weighted by Crippen LogP contribution is 2.18. The van der Waals surface area contributed by atoms with Crippen LogP contribution in [0.15, 0.2) is 34.6 Å². The molecule has 0 aliphatic carbocycles. The number of anilines is 1. The van der Waals surface area contributed by atoms with Gasteiger partial charge in [0.05, 0.1) is 25.9 Å². The molecule has 1 heterocycles. The topological polar surface area (TPSA) is 62.2 Å². The number of ether oxygens (including phenoxy) is 2. The number of hydrogen-bond acceptors (Lipinski definition) is 6. The largest absolute Gasteiger partial charge is 0.497 e. The number of aromatic nitrogens is 1. The first-order valence-electron chi connectivity index (χ1n) is 8.91.